The summed E-state index contributed by atoms with van der Waals surface area (Å²) < 4.78 is 0. The molecule has 0 aliphatic heterocycles. The van der Waals surface area contributed by atoms with Gasteiger partial charge in [-0.3, -0.25) is 4.79 Å². The highest BCUT2D eigenvalue weighted by Crippen LogP contribution is 2.19. The van der Waals surface area contributed by atoms with Gasteiger partial charge in [0.1, 0.15) is 0 Å². The monoisotopic (exact) mass is 264 g/mol. The highest BCUT2D eigenvalue weighted by molar-refractivity contribution is 6.31. The molecule has 2 rings (SSSR count). The van der Waals surface area contributed by atoms with Gasteiger partial charge in [-0.25, -0.2) is 0 Å². The summed E-state index contributed by atoms with van der Waals surface area (Å²) in [5.41, 5.74) is 6.65. The highest BCUT2D eigenvalue weighted by atomic mass is 35.5. The molecule has 1 aliphatic carbocycles. The summed E-state index contributed by atoms with van der Waals surface area (Å²) in [5, 5.41) is 4.06. The molecule has 0 radical (unpaired) electrons. The molecule has 0 bridgehead atoms. The molecular formula is C14H17ClN2O. The summed E-state index contributed by atoms with van der Waals surface area (Å²) >= 11 is 6.13. The molecule has 1 atom stereocenters. The molecular weight excluding hydrogens is 248 g/mol. The second-order valence-corrected chi connectivity index (χ2v) is 4.94. The molecule has 1 aromatic carbocycles. The number of nitrogens with one attached hydrogen (secondary N) is 1. The number of hydrogen-bond acceptors (Lipinski definition) is 2. The number of rotatable bonds is 4. The zero-order chi connectivity index (χ0) is 13.0. The number of hydrogen-bond donors (Lipinski definition) is 2. The van der Waals surface area contributed by atoms with Crippen LogP contribution in [-0.4, -0.2) is 11.9 Å². The second kappa shape index (κ2) is 6.03. The van der Waals surface area contributed by atoms with Gasteiger partial charge in [-0.2, -0.15) is 0 Å². The van der Waals surface area contributed by atoms with E-state index in [2.05, 4.69) is 17.5 Å². The van der Waals surface area contributed by atoms with Gasteiger partial charge in [0.2, 0.25) is 5.91 Å². The van der Waals surface area contributed by atoms with Crippen molar-refractivity contribution in [2.45, 2.75) is 31.8 Å². The highest BCUT2D eigenvalue weighted by Gasteiger charge is 2.10. The van der Waals surface area contributed by atoms with Crippen molar-refractivity contribution in [1.29, 1.82) is 0 Å². The fourth-order valence-electron chi connectivity index (χ4n) is 2.08. The maximum atomic E-state index is 11.0. The fraction of sp³-hybridized carbons (Fsp3) is 0.357. The van der Waals surface area contributed by atoms with Gasteiger partial charge in [0.15, 0.2) is 0 Å². The Morgan fingerprint density at radius 3 is 2.89 bits per heavy atom. The van der Waals surface area contributed by atoms with Gasteiger partial charge in [0.05, 0.1) is 0 Å². The molecule has 96 valence electrons. The molecule has 1 unspecified atom stereocenters. The lowest BCUT2D eigenvalue weighted by atomic mass is 10.0. The van der Waals surface area contributed by atoms with Crippen LogP contribution in [0.25, 0.3) is 0 Å². The van der Waals surface area contributed by atoms with Crippen molar-refractivity contribution in [1.82, 2.24) is 5.32 Å². The normalized spacial score (nSPS) is 18.8. The smallest absolute Gasteiger partial charge is 0.248 e. The Bertz CT molecular complexity index is 471. The van der Waals surface area contributed by atoms with E-state index in [1.807, 2.05) is 6.07 Å². The number of carbonyl (C=O) groups excluding carboxylic acids is 1. The molecule has 1 aliphatic rings. The van der Waals surface area contributed by atoms with E-state index in [0.29, 0.717) is 16.6 Å². The van der Waals surface area contributed by atoms with Crippen LogP contribution in [0.4, 0.5) is 0 Å². The SMILES string of the molecule is NC(=O)c1ccc(CNC2CC=CCC2)c(Cl)c1. The molecule has 1 amide bonds. The largest absolute Gasteiger partial charge is 0.366 e. The molecule has 0 spiro atoms. The minimum Gasteiger partial charge on any atom is -0.366 e. The first kappa shape index (κ1) is 13.1. The first-order valence-electron chi connectivity index (χ1n) is 6.13. The van der Waals surface area contributed by atoms with E-state index >= 15 is 0 Å². The predicted octanol–water partition coefficient (Wildman–Crippen LogP) is 2.64. The molecule has 3 N–H and O–H groups in total. The Labute approximate surface area is 112 Å². The first-order chi connectivity index (χ1) is 8.66. The van der Waals surface area contributed by atoms with Gasteiger partial charge in [0, 0.05) is 23.2 Å². The Hall–Kier alpha value is -1.32. The van der Waals surface area contributed by atoms with Crippen molar-refractivity contribution in [2.24, 2.45) is 5.73 Å². The van der Waals surface area contributed by atoms with Crippen molar-refractivity contribution in [3.05, 3.63) is 46.5 Å². The molecule has 0 saturated heterocycles. The summed E-state index contributed by atoms with van der Waals surface area (Å²) in [6.07, 6.45) is 7.78. The number of benzene rings is 1. The van der Waals surface area contributed by atoms with Crippen molar-refractivity contribution in [2.75, 3.05) is 0 Å². The second-order valence-electron chi connectivity index (χ2n) is 4.53. The summed E-state index contributed by atoms with van der Waals surface area (Å²) in [6.45, 7) is 0.719. The van der Waals surface area contributed by atoms with E-state index in [-0.39, 0.29) is 0 Å². The van der Waals surface area contributed by atoms with E-state index in [1.165, 1.54) is 0 Å². The summed E-state index contributed by atoms with van der Waals surface area (Å²) in [7, 11) is 0. The van der Waals surface area contributed by atoms with Crippen LogP contribution >= 0.6 is 11.6 Å². The van der Waals surface area contributed by atoms with Crippen LogP contribution in [-0.2, 0) is 6.54 Å². The molecule has 3 nitrogen and oxygen atoms in total. The third kappa shape index (κ3) is 3.34. The van der Waals surface area contributed by atoms with E-state index in [9.17, 15) is 4.79 Å². The Balaban J connectivity index is 1.97. The van der Waals surface area contributed by atoms with Crippen LogP contribution in [0.5, 0.6) is 0 Å². The molecule has 4 heteroatoms. The van der Waals surface area contributed by atoms with E-state index < -0.39 is 5.91 Å². The maximum Gasteiger partial charge on any atom is 0.248 e. The third-order valence-corrected chi connectivity index (χ3v) is 3.54. The number of carbonyl (C=O) groups is 1. The van der Waals surface area contributed by atoms with E-state index in [0.717, 1.165) is 31.4 Å². The molecule has 0 heterocycles. The maximum absolute atomic E-state index is 11.0. The van der Waals surface area contributed by atoms with Crippen LogP contribution < -0.4 is 11.1 Å². The Morgan fingerprint density at radius 2 is 2.28 bits per heavy atom. The molecule has 0 saturated carbocycles. The number of allylic oxidation sites excluding steroid dienone is 1. The van der Waals surface area contributed by atoms with Gasteiger partial charge in [-0.15, -0.1) is 0 Å². The zero-order valence-corrected chi connectivity index (χ0v) is 10.9. The summed E-state index contributed by atoms with van der Waals surface area (Å²) in [5.74, 6) is -0.450. The predicted molar refractivity (Wildman–Crippen MR) is 73.6 cm³/mol. The van der Waals surface area contributed by atoms with E-state index in [1.54, 1.807) is 12.1 Å². The van der Waals surface area contributed by atoms with E-state index in [4.69, 9.17) is 17.3 Å². The van der Waals surface area contributed by atoms with Crippen LogP contribution in [0, 0.1) is 0 Å². The molecule has 0 fully saturated rings. The minimum atomic E-state index is -0.450. The zero-order valence-electron chi connectivity index (χ0n) is 10.2. The Morgan fingerprint density at radius 1 is 1.44 bits per heavy atom. The van der Waals surface area contributed by atoms with Crippen LogP contribution in [0.1, 0.15) is 35.2 Å². The van der Waals surface area contributed by atoms with Crippen molar-refractivity contribution >= 4 is 17.5 Å². The van der Waals surface area contributed by atoms with Crippen LogP contribution in [0.3, 0.4) is 0 Å². The van der Waals surface area contributed by atoms with Crippen LogP contribution in [0.15, 0.2) is 30.4 Å². The molecule has 1 aromatic rings. The topological polar surface area (TPSA) is 55.1 Å². The summed E-state index contributed by atoms with van der Waals surface area (Å²) in [4.78, 5) is 11.0. The average Bonchev–Trinajstić information content (AvgIpc) is 2.38. The average molecular weight is 265 g/mol. The lowest BCUT2D eigenvalue weighted by Gasteiger charge is -2.19. The minimum absolute atomic E-state index is 0.448. The van der Waals surface area contributed by atoms with Crippen LogP contribution in [0.2, 0.25) is 5.02 Å². The van der Waals surface area contributed by atoms with Crippen molar-refractivity contribution in [3.63, 3.8) is 0 Å². The van der Waals surface area contributed by atoms with Gasteiger partial charge >= 0.3 is 0 Å². The fourth-order valence-corrected chi connectivity index (χ4v) is 2.32. The standard InChI is InChI=1S/C14H17ClN2O/c15-13-8-10(14(16)18)6-7-11(13)9-17-12-4-2-1-3-5-12/h1-2,6-8,12,17H,3-5,9H2,(H2,16,18). The van der Waals surface area contributed by atoms with Gasteiger partial charge in [-0.1, -0.05) is 29.8 Å². The Kier molecular flexibility index (Phi) is 4.39. The number of primary amides is 1. The van der Waals surface area contributed by atoms with Crippen molar-refractivity contribution in [3.8, 4) is 0 Å². The number of amides is 1. The first-order valence-corrected chi connectivity index (χ1v) is 6.51. The summed E-state index contributed by atoms with van der Waals surface area (Å²) in [6, 6.07) is 5.71. The van der Waals surface area contributed by atoms with Gasteiger partial charge in [-0.05, 0) is 37.0 Å². The molecule has 0 aromatic heterocycles. The van der Waals surface area contributed by atoms with Gasteiger partial charge in [0.25, 0.3) is 0 Å². The lowest BCUT2D eigenvalue weighted by Crippen LogP contribution is -2.29. The number of halogens is 1. The third-order valence-electron chi connectivity index (χ3n) is 3.19. The lowest BCUT2D eigenvalue weighted by molar-refractivity contribution is 0.100. The van der Waals surface area contributed by atoms with Crippen molar-refractivity contribution < 1.29 is 4.79 Å². The number of nitrogens with two attached hydrogens (primary N) is 1. The quantitative estimate of drug-likeness (QED) is 0.822. The molecule has 18 heavy (non-hydrogen) atoms. The van der Waals surface area contributed by atoms with Gasteiger partial charge < -0.3 is 11.1 Å².